The summed E-state index contributed by atoms with van der Waals surface area (Å²) in [6.45, 7) is 1.65. The summed E-state index contributed by atoms with van der Waals surface area (Å²) in [7, 11) is 0. The van der Waals surface area contributed by atoms with Crippen molar-refractivity contribution in [1.82, 2.24) is 20.5 Å². The van der Waals surface area contributed by atoms with Crippen molar-refractivity contribution in [2.75, 3.05) is 19.7 Å². The molecule has 0 radical (unpaired) electrons. The van der Waals surface area contributed by atoms with Crippen LogP contribution in [-0.4, -0.2) is 40.0 Å². The van der Waals surface area contributed by atoms with Gasteiger partial charge in [-0.15, -0.1) is 0 Å². The molecule has 0 saturated heterocycles. The number of rotatable bonds is 8. The third kappa shape index (κ3) is 4.41. The lowest BCUT2D eigenvalue weighted by atomic mass is 10.1. The summed E-state index contributed by atoms with van der Waals surface area (Å²) in [5.74, 6) is 0.809. The summed E-state index contributed by atoms with van der Waals surface area (Å²) in [4.78, 5) is 4.00. The molecule has 0 amide bonds. The number of hydrogen-bond donors (Lipinski definition) is 3. The lowest BCUT2D eigenvalue weighted by molar-refractivity contribution is 0.171. The normalized spacial score (nSPS) is 12.0. The third-order valence-corrected chi connectivity index (χ3v) is 3.61. The first-order valence-electron chi connectivity index (χ1n) is 7.84. The van der Waals surface area contributed by atoms with E-state index in [9.17, 15) is 5.11 Å². The van der Waals surface area contributed by atoms with Gasteiger partial charge in [0, 0.05) is 42.8 Å². The van der Waals surface area contributed by atoms with Crippen LogP contribution >= 0.6 is 0 Å². The van der Waals surface area contributed by atoms with Gasteiger partial charge < -0.3 is 15.2 Å². The van der Waals surface area contributed by atoms with E-state index in [0.717, 1.165) is 22.6 Å². The average Bonchev–Trinajstić information content (AvgIpc) is 3.17. The third-order valence-electron chi connectivity index (χ3n) is 3.61. The summed E-state index contributed by atoms with van der Waals surface area (Å²) in [6, 6.07) is 13.4. The van der Waals surface area contributed by atoms with Gasteiger partial charge in [-0.1, -0.05) is 6.07 Å². The van der Waals surface area contributed by atoms with Gasteiger partial charge in [-0.25, -0.2) is 0 Å². The fourth-order valence-corrected chi connectivity index (χ4v) is 2.31. The number of aromatic amines is 1. The van der Waals surface area contributed by atoms with Crippen LogP contribution in [0.5, 0.6) is 5.75 Å². The largest absolute Gasteiger partial charge is 0.492 e. The molecule has 3 aromatic rings. The Morgan fingerprint density at radius 2 is 2.04 bits per heavy atom. The van der Waals surface area contributed by atoms with Gasteiger partial charge in [0.15, 0.2) is 0 Å². The van der Waals surface area contributed by atoms with Gasteiger partial charge in [0.1, 0.15) is 12.4 Å². The predicted octanol–water partition coefficient (Wildman–Crippen LogP) is 2.17. The first kappa shape index (κ1) is 16.2. The Hall–Kier alpha value is -2.70. The van der Waals surface area contributed by atoms with Crippen molar-refractivity contribution in [3.63, 3.8) is 0 Å². The number of nitrogens with one attached hydrogen (secondary N) is 2. The van der Waals surface area contributed by atoms with E-state index in [1.54, 1.807) is 18.6 Å². The number of ether oxygens (including phenoxy) is 1. The van der Waals surface area contributed by atoms with Gasteiger partial charge in [0.05, 0.1) is 11.8 Å². The van der Waals surface area contributed by atoms with E-state index < -0.39 is 6.10 Å². The van der Waals surface area contributed by atoms with Crippen LogP contribution < -0.4 is 10.1 Å². The summed E-state index contributed by atoms with van der Waals surface area (Å²) in [6.07, 6.45) is 4.59. The van der Waals surface area contributed by atoms with Crippen LogP contribution in [0.2, 0.25) is 0 Å². The van der Waals surface area contributed by atoms with Crippen LogP contribution in [0.25, 0.3) is 11.3 Å². The zero-order chi connectivity index (χ0) is 16.6. The highest BCUT2D eigenvalue weighted by atomic mass is 16.5. The molecule has 0 aliphatic rings. The summed E-state index contributed by atoms with van der Waals surface area (Å²) < 4.78 is 5.68. The average molecular weight is 324 g/mol. The summed E-state index contributed by atoms with van der Waals surface area (Å²) >= 11 is 0. The van der Waals surface area contributed by atoms with Gasteiger partial charge in [-0.05, 0) is 36.4 Å². The number of nitrogens with zero attached hydrogens (tertiary/aromatic N) is 2. The lowest BCUT2D eigenvalue weighted by Gasteiger charge is -2.12. The maximum atomic E-state index is 10.0. The Labute approximate surface area is 140 Å². The predicted molar refractivity (Wildman–Crippen MR) is 91.6 cm³/mol. The molecule has 1 atom stereocenters. The summed E-state index contributed by atoms with van der Waals surface area (Å²) in [5, 5.41) is 20.1. The molecule has 1 aromatic carbocycles. The molecule has 0 saturated carbocycles. The number of benzene rings is 1. The molecular formula is C18H20N4O2. The number of pyridine rings is 1. The second-order valence-corrected chi connectivity index (χ2v) is 5.34. The first-order valence-corrected chi connectivity index (χ1v) is 7.84. The van der Waals surface area contributed by atoms with Gasteiger partial charge in [0.2, 0.25) is 0 Å². The van der Waals surface area contributed by atoms with Gasteiger partial charge in [0.25, 0.3) is 0 Å². The van der Waals surface area contributed by atoms with Gasteiger partial charge in [-0.3, -0.25) is 10.1 Å². The van der Waals surface area contributed by atoms with Crippen molar-refractivity contribution in [3.05, 3.63) is 66.6 Å². The van der Waals surface area contributed by atoms with Crippen LogP contribution in [0.15, 0.2) is 61.1 Å². The van der Waals surface area contributed by atoms with E-state index in [1.807, 2.05) is 42.5 Å². The molecule has 0 aliphatic carbocycles. The fourth-order valence-electron chi connectivity index (χ4n) is 2.31. The Balaban J connectivity index is 1.37. The highest BCUT2D eigenvalue weighted by molar-refractivity contribution is 5.59. The quantitative estimate of drug-likeness (QED) is 0.553. The number of hydrogen-bond acceptors (Lipinski definition) is 5. The monoisotopic (exact) mass is 324 g/mol. The lowest BCUT2D eigenvalue weighted by Crippen LogP contribution is -2.26. The van der Waals surface area contributed by atoms with Crippen LogP contribution in [-0.2, 0) is 0 Å². The van der Waals surface area contributed by atoms with E-state index in [0.29, 0.717) is 19.7 Å². The number of aliphatic hydroxyl groups excluding tert-OH is 1. The molecule has 0 spiro atoms. The highest BCUT2D eigenvalue weighted by Gasteiger charge is 2.06. The molecule has 0 aliphatic heterocycles. The molecule has 0 fully saturated rings. The van der Waals surface area contributed by atoms with Crippen LogP contribution in [0, 0.1) is 0 Å². The minimum absolute atomic E-state index is 0.465. The Kier molecular flexibility index (Phi) is 5.55. The molecule has 2 aromatic heterocycles. The van der Waals surface area contributed by atoms with E-state index in [4.69, 9.17) is 4.74 Å². The van der Waals surface area contributed by atoms with Crippen molar-refractivity contribution in [1.29, 1.82) is 0 Å². The molecule has 0 unspecified atom stereocenters. The second-order valence-electron chi connectivity index (χ2n) is 5.34. The van der Waals surface area contributed by atoms with Crippen molar-refractivity contribution in [3.8, 4) is 17.0 Å². The van der Waals surface area contributed by atoms with Crippen LogP contribution in [0.4, 0.5) is 0 Å². The standard InChI is InChI=1S/C18H20N4O2/c23-18(15-2-1-8-19-12-15)13-20-10-11-24-16-5-3-14(4-6-16)17-7-9-21-22-17/h1-9,12,18,20,23H,10-11,13H2,(H,21,22)/t18-/m0/s1. The molecule has 3 N–H and O–H groups in total. The fraction of sp³-hybridized carbons (Fsp3) is 0.222. The minimum atomic E-state index is -0.563. The minimum Gasteiger partial charge on any atom is -0.492 e. The van der Waals surface area contributed by atoms with E-state index >= 15 is 0 Å². The van der Waals surface area contributed by atoms with E-state index in [2.05, 4.69) is 20.5 Å². The smallest absolute Gasteiger partial charge is 0.119 e. The second kappa shape index (κ2) is 8.24. The zero-order valence-electron chi connectivity index (χ0n) is 13.2. The van der Waals surface area contributed by atoms with Gasteiger partial charge >= 0.3 is 0 Å². The van der Waals surface area contributed by atoms with Crippen LogP contribution in [0.3, 0.4) is 0 Å². The topological polar surface area (TPSA) is 83.1 Å². The van der Waals surface area contributed by atoms with Crippen molar-refractivity contribution < 1.29 is 9.84 Å². The molecule has 6 heteroatoms. The van der Waals surface area contributed by atoms with E-state index in [-0.39, 0.29) is 0 Å². The van der Waals surface area contributed by atoms with Gasteiger partial charge in [-0.2, -0.15) is 5.10 Å². The Bertz CT molecular complexity index is 715. The SMILES string of the molecule is O[C@@H](CNCCOc1ccc(-c2cc[nH]n2)cc1)c1cccnc1. The number of aromatic nitrogens is 3. The zero-order valence-corrected chi connectivity index (χ0v) is 13.2. The molecule has 3 rings (SSSR count). The molecule has 24 heavy (non-hydrogen) atoms. The number of aliphatic hydroxyl groups is 1. The maximum Gasteiger partial charge on any atom is 0.119 e. The molecule has 124 valence electrons. The molecule has 2 heterocycles. The maximum absolute atomic E-state index is 10.0. The Morgan fingerprint density at radius 3 is 2.75 bits per heavy atom. The highest BCUT2D eigenvalue weighted by Crippen LogP contribution is 2.20. The van der Waals surface area contributed by atoms with Crippen molar-refractivity contribution >= 4 is 0 Å². The van der Waals surface area contributed by atoms with Crippen LogP contribution in [0.1, 0.15) is 11.7 Å². The van der Waals surface area contributed by atoms with E-state index in [1.165, 1.54) is 0 Å². The molecular weight excluding hydrogens is 304 g/mol. The first-order chi connectivity index (χ1) is 11.8. The van der Waals surface area contributed by atoms with Crippen molar-refractivity contribution in [2.45, 2.75) is 6.10 Å². The molecule has 6 nitrogen and oxygen atoms in total. The Morgan fingerprint density at radius 1 is 1.17 bits per heavy atom. The number of H-pyrrole nitrogens is 1. The summed E-state index contributed by atoms with van der Waals surface area (Å²) in [5.41, 5.74) is 2.76. The molecule has 0 bridgehead atoms. The van der Waals surface area contributed by atoms with Crippen molar-refractivity contribution in [2.24, 2.45) is 0 Å².